The minimum absolute atomic E-state index is 0.608. The number of hydrogen-bond donors (Lipinski definition) is 1. The van der Waals surface area contributed by atoms with Crippen molar-refractivity contribution >= 4 is 37.5 Å². The van der Waals surface area contributed by atoms with Crippen LogP contribution in [0.1, 0.15) is 33.1 Å². The molecule has 2 rings (SSSR count). The summed E-state index contributed by atoms with van der Waals surface area (Å²) in [5.74, 6) is 1.69. The van der Waals surface area contributed by atoms with Crippen molar-refractivity contribution in [3.8, 4) is 0 Å². The summed E-state index contributed by atoms with van der Waals surface area (Å²) in [6.07, 6.45) is 3.88. The topological polar surface area (TPSA) is 12.0 Å². The number of nitrogens with one attached hydrogen (secondary N) is 1. The lowest BCUT2D eigenvalue weighted by Crippen LogP contribution is -2.30. The minimum atomic E-state index is 0.608. The average molecular weight is 361 g/mol. The molecule has 0 heterocycles. The molecule has 1 aromatic carbocycles. The van der Waals surface area contributed by atoms with Crippen LogP contribution in [0.25, 0.3) is 0 Å². The summed E-state index contributed by atoms with van der Waals surface area (Å²) in [7, 11) is 0. The minimum Gasteiger partial charge on any atom is -0.380 e. The molecule has 0 aliphatic heterocycles. The van der Waals surface area contributed by atoms with E-state index in [1.165, 1.54) is 24.9 Å². The van der Waals surface area contributed by atoms with Gasteiger partial charge in [-0.1, -0.05) is 19.9 Å². The Morgan fingerprint density at radius 1 is 1.06 bits per heavy atom. The lowest BCUT2D eigenvalue weighted by atomic mass is 9.79. The van der Waals surface area contributed by atoms with Gasteiger partial charge in [0.05, 0.1) is 5.69 Å². The Kier molecular flexibility index (Phi) is 4.53. The maximum Gasteiger partial charge on any atom is 0.0631 e. The Morgan fingerprint density at radius 2 is 1.71 bits per heavy atom. The van der Waals surface area contributed by atoms with Crippen molar-refractivity contribution in [1.29, 1.82) is 0 Å². The quantitative estimate of drug-likeness (QED) is 0.739. The Hall–Kier alpha value is -0.0200. The summed E-state index contributed by atoms with van der Waals surface area (Å²) in [4.78, 5) is 0. The normalized spacial score (nSPS) is 29.1. The third-order valence-corrected chi connectivity index (χ3v) is 5.23. The molecule has 17 heavy (non-hydrogen) atoms. The van der Waals surface area contributed by atoms with E-state index in [-0.39, 0.29) is 0 Å². The van der Waals surface area contributed by atoms with Crippen LogP contribution in [-0.4, -0.2) is 6.04 Å². The first-order chi connectivity index (χ1) is 8.08. The van der Waals surface area contributed by atoms with Gasteiger partial charge in [-0.25, -0.2) is 0 Å². The number of anilines is 1. The zero-order valence-electron chi connectivity index (χ0n) is 10.3. The molecular weight excluding hydrogens is 342 g/mol. The Balaban J connectivity index is 2.06. The highest BCUT2D eigenvalue weighted by molar-refractivity contribution is 9.11. The number of benzene rings is 1. The van der Waals surface area contributed by atoms with Crippen molar-refractivity contribution in [2.24, 2.45) is 11.8 Å². The van der Waals surface area contributed by atoms with Gasteiger partial charge in [-0.15, -0.1) is 0 Å². The highest BCUT2D eigenvalue weighted by Crippen LogP contribution is 2.35. The number of rotatable bonds is 2. The molecule has 0 aromatic heterocycles. The summed E-state index contributed by atoms with van der Waals surface area (Å²) in [5, 5.41) is 3.67. The first kappa shape index (κ1) is 13.4. The maximum absolute atomic E-state index is 3.67. The van der Waals surface area contributed by atoms with Gasteiger partial charge in [0.1, 0.15) is 0 Å². The van der Waals surface area contributed by atoms with Gasteiger partial charge in [0.2, 0.25) is 0 Å². The average Bonchev–Trinajstić information content (AvgIpc) is 2.28. The summed E-state index contributed by atoms with van der Waals surface area (Å²) in [5.41, 5.74) is 1.19. The van der Waals surface area contributed by atoms with Gasteiger partial charge in [-0.2, -0.15) is 0 Å². The molecule has 94 valence electrons. The first-order valence-electron chi connectivity index (χ1n) is 6.28. The Labute approximate surface area is 121 Å². The number of halogens is 2. The molecule has 1 N–H and O–H groups in total. The SMILES string of the molecule is CC1CCC(Nc2c(Br)cccc2Br)CC1C. The number of para-hydroxylation sites is 1. The van der Waals surface area contributed by atoms with Gasteiger partial charge in [0.15, 0.2) is 0 Å². The molecule has 1 saturated carbocycles. The monoisotopic (exact) mass is 359 g/mol. The van der Waals surface area contributed by atoms with Crippen LogP contribution < -0.4 is 5.32 Å². The van der Waals surface area contributed by atoms with Crippen molar-refractivity contribution < 1.29 is 0 Å². The molecule has 1 nitrogen and oxygen atoms in total. The summed E-state index contributed by atoms with van der Waals surface area (Å²) in [6.45, 7) is 4.74. The van der Waals surface area contributed by atoms with Crippen LogP contribution in [0, 0.1) is 11.8 Å². The van der Waals surface area contributed by atoms with Gasteiger partial charge < -0.3 is 5.32 Å². The fourth-order valence-corrected chi connectivity index (χ4v) is 3.75. The van der Waals surface area contributed by atoms with Gasteiger partial charge in [0, 0.05) is 15.0 Å². The van der Waals surface area contributed by atoms with E-state index in [0.29, 0.717) is 6.04 Å². The molecule has 0 radical (unpaired) electrons. The van der Waals surface area contributed by atoms with E-state index in [2.05, 4.69) is 63.2 Å². The van der Waals surface area contributed by atoms with E-state index in [1.54, 1.807) is 0 Å². The molecule has 0 amide bonds. The van der Waals surface area contributed by atoms with E-state index in [1.807, 2.05) is 6.07 Å². The first-order valence-corrected chi connectivity index (χ1v) is 7.87. The van der Waals surface area contributed by atoms with Crippen LogP contribution in [-0.2, 0) is 0 Å². The van der Waals surface area contributed by atoms with E-state index in [0.717, 1.165) is 20.8 Å². The molecule has 1 aliphatic carbocycles. The highest BCUT2D eigenvalue weighted by atomic mass is 79.9. The molecule has 0 bridgehead atoms. The molecule has 3 atom stereocenters. The van der Waals surface area contributed by atoms with E-state index in [9.17, 15) is 0 Å². The molecule has 3 heteroatoms. The largest absolute Gasteiger partial charge is 0.380 e. The van der Waals surface area contributed by atoms with Gasteiger partial charge >= 0.3 is 0 Å². The Bertz CT molecular complexity index is 372. The van der Waals surface area contributed by atoms with Crippen molar-refractivity contribution in [2.75, 3.05) is 5.32 Å². The molecule has 1 aromatic rings. The van der Waals surface area contributed by atoms with Crippen LogP contribution >= 0.6 is 31.9 Å². The van der Waals surface area contributed by atoms with E-state index in [4.69, 9.17) is 0 Å². The lowest BCUT2D eigenvalue weighted by molar-refractivity contribution is 0.261. The lowest BCUT2D eigenvalue weighted by Gasteiger charge is -2.33. The Morgan fingerprint density at radius 3 is 2.29 bits per heavy atom. The number of hydrogen-bond acceptors (Lipinski definition) is 1. The molecule has 3 unspecified atom stereocenters. The predicted molar refractivity (Wildman–Crippen MR) is 81.4 cm³/mol. The molecule has 1 aliphatic rings. The fraction of sp³-hybridized carbons (Fsp3) is 0.571. The summed E-state index contributed by atoms with van der Waals surface area (Å²) in [6, 6.07) is 6.82. The molecular formula is C14H19Br2N. The van der Waals surface area contributed by atoms with Crippen LogP contribution in [0.2, 0.25) is 0 Å². The fourth-order valence-electron chi connectivity index (χ4n) is 2.52. The van der Waals surface area contributed by atoms with E-state index < -0.39 is 0 Å². The van der Waals surface area contributed by atoms with Crippen molar-refractivity contribution in [1.82, 2.24) is 0 Å². The second kappa shape index (κ2) is 5.75. The van der Waals surface area contributed by atoms with Gasteiger partial charge in [0.25, 0.3) is 0 Å². The third-order valence-electron chi connectivity index (χ3n) is 3.91. The second-order valence-electron chi connectivity index (χ2n) is 5.21. The second-order valence-corrected chi connectivity index (χ2v) is 6.91. The van der Waals surface area contributed by atoms with Crippen LogP contribution in [0.15, 0.2) is 27.1 Å². The maximum atomic E-state index is 3.67. The van der Waals surface area contributed by atoms with Crippen LogP contribution in [0.4, 0.5) is 5.69 Å². The smallest absolute Gasteiger partial charge is 0.0631 e. The van der Waals surface area contributed by atoms with Crippen molar-refractivity contribution in [2.45, 2.75) is 39.2 Å². The van der Waals surface area contributed by atoms with Crippen molar-refractivity contribution in [3.05, 3.63) is 27.1 Å². The highest BCUT2D eigenvalue weighted by Gasteiger charge is 2.25. The zero-order valence-corrected chi connectivity index (χ0v) is 13.5. The molecule has 0 spiro atoms. The van der Waals surface area contributed by atoms with E-state index >= 15 is 0 Å². The van der Waals surface area contributed by atoms with Gasteiger partial charge in [-0.3, -0.25) is 0 Å². The zero-order chi connectivity index (χ0) is 12.4. The summed E-state index contributed by atoms with van der Waals surface area (Å²) < 4.78 is 2.27. The molecule has 1 fully saturated rings. The molecule has 0 saturated heterocycles. The van der Waals surface area contributed by atoms with Crippen molar-refractivity contribution in [3.63, 3.8) is 0 Å². The predicted octanol–water partition coefficient (Wildman–Crippen LogP) is 5.45. The van der Waals surface area contributed by atoms with Gasteiger partial charge in [-0.05, 0) is 75.1 Å². The van der Waals surface area contributed by atoms with Crippen LogP contribution in [0.3, 0.4) is 0 Å². The summed E-state index contributed by atoms with van der Waals surface area (Å²) >= 11 is 7.22. The van der Waals surface area contributed by atoms with Crippen LogP contribution in [0.5, 0.6) is 0 Å². The standard InChI is InChI=1S/C14H19Br2N/c1-9-6-7-11(8-10(9)2)17-14-12(15)4-3-5-13(14)16/h3-5,9-11,17H,6-8H2,1-2H3. The third kappa shape index (κ3) is 3.25.